The molecule has 0 saturated heterocycles. The first-order chi connectivity index (χ1) is 10.6. The number of carbonyl (C=O) groups excluding carboxylic acids is 1. The van der Waals surface area contributed by atoms with Crippen LogP contribution in [0, 0.1) is 11.8 Å². The predicted molar refractivity (Wildman–Crippen MR) is 91.4 cm³/mol. The standard InChI is InChI=1S/C19H29NO2/c1-5-6-14(2)13-19(21)20(15(3)16-7-8-16)17-9-11-18(22-4)12-10-17/h9-12,14-16H,5-8,13H2,1-4H3. The van der Waals surface area contributed by atoms with E-state index in [1.165, 1.54) is 12.8 Å². The Balaban J connectivity index is 2.15. The third-order valence-corrected chi connectivity index (χ3v) is 4.64. The van der Waals surface area contributed by atoms with E-state index in [1.807, 2.05) is 29.2 Å². The van der Waals surface area contributed by atoms with E-state index in [0.717, 1.165) is 24.3 Å². The van der Waals surface area contributed by atoms with Gasteiger partial charge in [-0.1, -0.05) is 26.7 Å². The molecule has 2 atom stereocenters. The molecule has 0 heterocycles. The highest BCUT2D eigenvalue weighted by Crippen LogP contribution is 2.37. The fraction of sp³-hybridized carbons (Fsp3) is 0.632. The van der Waals surface area contributed by atoms with Crippen molar-refractivity contribution in [1.29, 1.82) is 0 Å². The lowest BCUT2D eigenvalue weighted by Gasteiger charge is -2.30. The first kappa shape index (κ1) is 16.9. The van der Waals surface area contributed by atoms with Crippen LogP contribution in [0.5, 0.6) is 5.75 Å². The molecule has 1 aliphatic carbocycles. The summed E-state index contributed by atoms with van der Waals surface area (Å²) in [7, 11) is 1.66. The van der Waals surface area contributed by atoms with Crippen molar-refractivity contribution in [3.8, 4) is 5.75 Å². The lowest BCUT2D eigenvalue weighted by Crippen LogP contribution is -2.40. The number of amides is 1. The first-order valence-corrected chi connectivity index (χ1v) is 8.52. The zero-order valence-electron chi connectivity index (χ0n) is 14.3. The van der Waals surface area contributed by atoms with Crippen LogP contribution in [-0.4, -0.2) is 19.1 Å². The SMILES string of the molecule is CCCC(C)CC(=O)N(c1ccc(OC)cc1)C(C)C1CC1. The Morgan fingerprint density at radius 1 is 1.27 bits per heavy atom. The van der Waals surface area contributed by atoms with Crippen LogP contribution in [0.4, 0.5) is 5.69 Å². The highest BCUT2D eigenvalue weighted by Gasteiger charge is 2.35. The summed E-state index contributed by atoms with van der Waals surface area (Å²) in [6.45, 7) is 6.54. The Kier molecular flexibility index (Phi) is 5.87. The number of rotatable bonds is 8. The zero-order chi connectivity index (χ0) is 16.1. The van der Waals surface area contributed by atoms with Crippen LogP contribution in [0.25, 0.3) is 0 Å². The van der Waals surface area contributed by atoms with Gasteiger partial charge in [-0.15, -0.1) is 0 Å². The van der Waals surface area contributed by atoms with Crippen molar-refractivity contribution < 1.29 is 9.53 Å². The van der Waals surface area contributed by atoms with Crippen molar-refractivity contribution in [3.05, 3.63) is 24.3 Å². The number of benzene rings is 1. The smallest absolute Gasteiger partial charge is 0.227 e. The van der Waals surface area contributed by atoms with Gasteiger partial charge in [0.2, 0.25) is 5.91 Å². The summed E-state index contributed by atoms with van der Waals surface area (Å²) in [4.78, 5) is 14.9. The summed E-state index contributed by atoms with van der Waals surface area (Å²) < 4.78 is 5.22. The largest absolute Gasteiger partial charge is 0.497 e. The predicted octanol–water partition coefficient (Wildman–Crippen LogP) is 4.65. The summed E-state index contributed by atoms with van der Waals surface area (Å²) >= 11 is 0. The maximum absolute atomic E-state index is 12.9. The Hall–Kier alpha value is -1.51. The number of ether oxygens (including phenoxy) is 1. The van der Waals surface area contributed by atoms with Gasteiger partial charge in [-0.2, -0.15) is 0 Å². The van der Waals surface area contributed by atoms with Crippen LogP contribution in [-0.2, 0) is 4.79 Å². The van der Waals surface area contributed by atoms with E-state index < -0.39 is 0 Å². The van der Waals surface area contributed by atoms with Crippen molar-refractivity contribution >= 4 is 11.6 Å². The molecule has 0 aliphatic heterocycles. The second-order valence-corrected chi connectivity index (χ2v) is 6.64. The van der Waals surface area contributed by atoms with Crippen molar-refractivity contribution in [2.75, 3.05) is 12.0 Å². The lowest BCUT2D eigenvalue weighted by atomic mass is 10.00. The highest BCUT2D eigenvalue weighted by atomic mass is 16.5. The monoisotopic (exact) mass is 303 g/mol. The van der Waals surface area contributed by atoms with E-state index in [2.05, 4.69) is 20.8 Å². The number of hydrogen-bond acceptors (Lipinski definition) is 2. The van der Waals surface area contributed by atoms with Gasteiger partial charge >= 0.3 is 0 Å². The molecule has 22 heavy (non-hydrogen) atoms. The molecule has 0 radical (unpaired) electrons. The zero-order valence-corrected chi connectivity index (χ0v) is 14.3. The van der Waals surface area contributed by atoms with Crippen LogP contribution < -0.4 is 9.64 Å². The molecule has 0 bridgehead atoms. The Morgan fingerprint density at radius 3 is 2.41 bits per heavy atom. The minimum Gasteiger partial charge on any atom is -0.497 e. The molecule has 2 unspecified atom stereocenters. The van der Waals surface area contributed by atoms with Gasteiger partial charge in [0, 0.05) is 18.2 Å². The molecule has 1 aromatic rings. The van der Waals surface area contributed by atoms with Gasteiger partial charge in [0.25, 0.3) is 0 Å². The third-order valence-electron chi connectivity index (χ3n) is 4.64. The summed E-state index contributed by atoms with van der Waals surface area (Å²) in [5.41, 5.74) is 0.994. The van der Waals surface area contributed by atoms with E-state index in [0.29, 0.717) is 18.3 Å². The molecule has 1 saturated carbocycles. The average Bonchev–Trinajstić information content (AvgIpc) is 3.33. The fourth-order valence-electron chi connectivity index (χ4n) is 3.13. The van der Waals surface area contributed by atoms with Gasteiger partial charge in [0.1, 0.15) is 5.75 Å². The van der Waals surface area contributed by atoms with Gasteiger partial charge in [-0.05, 0) is 55.9 Å². The Morgan fingerprint density at radius 2 is 1.91 bits per heavy atom. The number of anilines is 1. The molecule has 3 heteroatoms. The van der Waals surface area contributed by atoms with Crippen LogP contribution in [0.15, 0.2) is 24.3 Å². The molecule has 2 rings (SSSR count). The maximum Gasteiger partial charge on any atom is 0.227 e. The lowest BCUT2D eigenvalue weighted by molar-refractivity contribution is -0.120. The summed E-state index contributed by atoms with van der Waals surface area (Å²) in [5, 5.41) is 0. The molecular formula is C19H29NO2. The van der Waals surface area contributed by atoms with Gasteiger partial charge in [-0.25, -0.2) is 0 Å². The quantitative estimate of drug-likeness (QED) is 0.699. The molecule has 1 amide bonds. The Bertz CT molecular complexity index is 479. The molecule has 0 N–H and O–H groups in total. The average molecular weight is 303 g/mol. The minimum atomic E-state index is 0.255. The maximum atomic E-state index is 12.9. The molecule has 1 fully saturated rings. The molecule has 1 aromatic carbocycles. The van der Waals surface area contributed by atoms with E-state index in [9.17, 15) is 4.79 Å². The van der Waals surface area contributed by atoms with Gasteiger partial charge in [-0.3, -0.25) is 4.79 Å². The summed E-state index contributed by atoms with van der Waals surface area (Å²) in [6.07, 6.45) is 5.36. The van der Waals surface area contributed by atoms with E-state index in [1.54, 1.807) is 7.11 Å². The third kappa shape index (κ3) is 4.25. The van der Waals surface area contributed by atoms with Gasteiger partial charge < -0.3 is 9.64 Å². The molecule has 1 aliphatic rings. The Labute approximate surface area is 134 Å². The van der Waals surface area contributed by atoms with Crippen molar-refractivity contribution in [2.45, 2.75) is 58.9 Å². The molecule has 0 aromatic heterocycles. The number of carbonyl (C=O) groups is 1. The van der Waals surface area contributed by atoms with Crippen molar-refractivity contribution in [2.24, 2.45) is 11.8 Å². The fourth-order valence-corrected chi connectivity index (χ4v) is 3.13. The van der Waals surface area contributed by atoms with Crippen molar-refractivity contribution in [3.63, 3.8) is 0 Å². The normalized spacial score (nSPS) is 16.9. The van der Waals surface area contributed by atoms with Gasteiger partial charge in [0.05, 0.1) is 7.11 Å². The molecule has 0 spiro atoms. The van der Waals surface area contributed by atoms with Crippen LogP contribution in [0.1, 0.15) is 52.9 Å². The van der Waals surface area contributed by atoms with E-state index in [-0.39, 0.29) is 11.9 Å². The molecular weight excluding hydrogens is 274 g/mol. The van der Waals surface area contributed by atoms with Crippen LogP contribution >= 0.6 is 0 Å². The first-order valence-electron chi connectivity index (χ1n) is 8.52. The van der Waals surface area contributed by atoms with E-state index >= 15 is 0 Å². The highest BCUT2D eigenvalue weighted by molar-refractivity contribution is 5.94. The van der Waals surface area contributed by atoms with Crippen LogP contribution in [0.3, 0.4) is 0 Å². The summed E-state index contributed by atoms with van der Waals surface area (Å²) in [5.74, 6) is 2.19. The minimum absolute atomic E-state index is 0.255. The summed E-state index contributed by atoms with van der Waals surface area (Å²) in [6, 6.07) is 8.16. The molecule has 122 valence electrons. The van der Waals surface area contributed by atoms with Gasteiger partial charge in [0.15, 0.2) is 0 Å². The number of methoxy groups -OCH3 is 1. The van der Waals surface area contributed by atoms with Crippen molar-refractivity contribution in [1.82, 2.24) is 0 Å². The number of nitrogens with zero attached hydrogens (tertiary/aromatic N) is 1. The van der Waals surface area contributed by atoms with Crippen LogP contribution in [0.2, 0.25) is 0 Å². The second-order valence-electron chi connectivity index (χ2n) is 6.64. The molecule has 3 nitrogen and oxygen atoms in total. The topological polar surface area (TPSA) is 29.5 Å². The van der Waals surface area contributed by atoms with E-state index in [4.69, 9.17) is 4.74 Å². The second kappa shape index (κ2) is 7.66. The number of hydrogen-bond donors (Lipinski definition) is 0.